The molecule has 1 fully saturated rings. The summed E-state index contributed by atoms with van der Waals surface area (Å²) < 4.78 is 0. The third kappa shape index (κ3) is 6.25. The first-order valence-corrected chi connectivity index (χ1v) is 6.89. The fourth-order valence-electron chi connectivity index (χ4n) is 1.61. The molecule has 1 saturated heterocycles. The molecule has 0 aliphatic carbocycles. The maximum absolute atomic E-state index is 11.5. The zero-order valence-electron chi connectivity index (χ0n) is 10.5. The molecule has 106 valence electrons. The van der Waals surface area contributed by atoms with Gasteiger partial charge in [-0.1, -0.05) is 6.08 Å². The van der Waals surface area contributed by atoms with Gasteiger partial charge in [-0.3, -0.25) is 19.7 Å². The summed E-state index contributed by atoms with van der Waals surface area (Å²) in [5, 5.41) is 8.41. The largest absolute Gasteiger partial charge is 0.369 e. The van der Waals surface area contributed by atoms with E-state index in [9.17, 15) is 14.4 Å². The number of carbonyl (C=O) groups is 3. The molecule has 19 heavy (non-hydrogen) atoms. The molecule has 8 heteroatoms. The van der Waals surface area contributed by atoms with Crippen LogP contribution in [0.1, 0.15) is 12.8 Å². The topological polar surface area (TPSA) is 113 Å². The lowest BCUT2D eigenvalue weighted by molar-refractivity contribution is -0.125. The highest BCUT2D eigenvalue weighted by Gasteiger charge is 2.27. The molecule has 7 nitrogen and oxygen atoms in total. The molecule has 2 unspecified atom stereocenters. The number of primary amides is 1. The lowest BCUT2D eigenvalue weighted by atomic mass is 10.1. The minimum atomic E-state index is -0.452. The Balaban J connectivity index is 2.41. The molecule has 0 bridgehead atoms. The lowest BCUT2D eigenvalue weighted by Gasteiger charge is -2.30. The first-order valence-electron chi connectivity index (χ1n) is 5.84. The van der Waals surface area contributed by atoms with E-state index >= 15 is 0 Å². The summed E-state index contributed by atoms with van der Waals surface area (Å²) in [4.78, 5) is 33.7. The average molecular weight is 286 g/mol. The SMILES string of the molecule is C=CCNC(=O)CC1CC(=O)NC(SCC(N)=O)N1. The maximum Gasteiger partial charge on any atom is 0.227 e. The van der Waals surface area contributed by atoms with E-state index in [4.69, 9.17) is 5.73 Å². The van der Waals surface area contributed by atoms with E-state index in [2.05, 4.69) is 22.5 Å². The number of hydrogen-bond acceptors (Lipinski definition) is 5. The second-order valence-electron chi connectivity index (χ2n) is 4.09. The van der Waals surface area contributed by atoms with Crippen LogP contribution in [0.4, 0.5) is 0 Å². The Morgan fingerprint density at radius 3 is 2.95 bits per heavy atom. The van der Waals surface area contributed by atoms with E-state index in [1.165, 1.54) is 11.8 Å². The molecule has 1 aliphatic heterocycles. The van der Waals surface area contributed by atoms with Crippen molar-refractivity contribution in [2.24, 2.45) is 5.73 Å². The number of nitrogens with one attached hydrogen (secondary N) is 3. The van der Waals surface area contributed by atoms with Gasteiger partial charge in [0.15, 0.2) is 0 Å². The van der Waals surface area contributed by atoms with Crippen LogP contribution in [0, 0.1) is 0 Å². The van der Waals surface area contributed by atoms with Crippen molar-refractivity contribution in [2.45, 2.75) is 24.4 Å². The number of carbonyl (C=O) groups excluding carboxylic acids is 3. The first kappa shape index (κ1) is 15.5. The molecule has 3 amide bonds. The zero-order chi connectivity index (χ0) is 14.3. The van der Waals surface area contributed by atoms with Gasteiger partial charge >= 0.3 is 0 Å². The molecule has 0 aromatic heterocycles. The van der Waals surface area contributed by atoms with Gasteiger partial charge in [0.2, 0.25) is 17.7 Å². The molecule has 0 saturated carbocycles. The summed E-state index contributed by atoms with van der Waals surface area (Å²) in [6.45, 7) is 3.90. The Kier molecular flexibility index (Phi) is 6.37. The fourth-order valence-corrected chi connectivity index (χ4v) is 2.45. The molecule has 5 N–H and O–H groups in total. The van der Waals surface area contributed by atoms with Crippen molar-refractivity contribution in [1.29, 1.82) is 0 Å². The molecule has 0 radical (unpaired) electrons. The van der Waals surface area contributed by atoms with E-state index in [-0.39, 0.29) is 36.5 Å². The maximum atomic E-state index is 11.5. The van der Waals surface area contributed by atoms with Crippen LogP contribution in [-0.2, 0) is 14.4 Å². The van der Waals surface area contributed by atoms with Gasteiger partial charge < -0.3 is 16.4 Å². The number of nitrogens with two attached hydrogens (primary N) is 1. The highest BCUT2D eigenvalue weighted by atomic mass is 32.2. The first-order chi connectivity index (χ1) is 9.01. The van der Waals surface area contributed by atoms with Crippen molar-refractivity contribution in [3.05, 3.63) is 12.7 Å². The molecule has 2 atom stereocenters. The number of hydrogen-bond donors (Lipinski definition) is 4. The normalized spacial score (nSPS) is 22.4. The Morgan fingerprint density at radius 2 is 2.32 bits per heavy atom. The smallest absolute Gasteiger partial charge is 0.227 e. The molecule has 0 aromatic carbocycles. The molecular weight excluding hydrogens is 268 g/mol. The van der Waals surface area contributed by atoms with E-state index in [1.54, 1.807) is 6.08 Å². The monoisotopic (exact) mass is 286 g/mol. The van der Waals surface area contributed by atoms with Crippen LogP contribution in [-0.4, -0.2) is 41.6 Å². The number of thioether (sulfide) groups is 1. The predicted octanol–water partition coefficient (Wildman–Crippen LogP) is -1.34. The Morgan fingerprint density at radius 1 is 1.58 bits per heavy atom. The molecule has 0 spiro atoms. The van der Waals surface area contributed by atoms with Crippen LogP contribution in [0.25, 0.3) is 0 Å². The van der Waals surface area contributed by atoms with Crippen LogP contribution in [0.3, 0.4) is 0 Å². The van der Waals surface area contributed by atoms with Crippen LogP contribution in [0.5, 0.6) is 0 Å². The highest BCUT2D eigenvalue weighted by molar-refractivity contribution is 8.00. The third-order valence-corrected chi connectivity index (χ3v) is 3.42. The van der Waals surface area contributed by atoms with Crippen LogP contribution in [0.2, 0.25) is 0 Å². The number of amides is 3. The Hall–Kier alpha value is -1.54. The van der Waals surface area contributed by atoms with Crippen molar-refractivity contribution in [3.63, 3.8) is 0 Å². The molecular formula is C11H18N4O3S. The van der Waals surface area contributed by atoms with Gasteiger partial charge in [0.25, 0.3) is 0 Å². The van der Waals surface area contributed by atoms with Crippen LogP contribution < -0.4 is 21.7 Å². The third-order valence-electron chi connectivity index (χ3n) is 2.38. The van der Waals surface area contributed by atoms with Gasteiger partial charge in [-0.25, -0.2) is 0 Å². The summed E-state index contributed by atoms with van der Waals surface area (Å²) in [7, 11) is 0. The summed E-state index contributed by atoms with van der Waals surface area (Å²) in [5.74, 6) is -0.646. The van der Waals surface area contributed by atoms with E-state index in [0.29, 0.717) is 6.54 Å². The van der Waals surface area contributed by atoms with Crippen LogP contribution >= 0.6 is 11.8 Å². The Labute approximate surface area is 115 Å². The molecule has 0 aromatic rings. The summed E-state index contributed by atoms with van der Waals surface area (Å²) in [6.07, 6.45) is 2.02. The minimum Gasteiger partial charge on any atom is -0.369 e. The zero-order valence-corrected chi connectivity index (χ0v) is 11.3. The second kappa shape index (κ2) is 7.80. The van der Waals surface area contributed by atoms with Gasteiger partial charge in [0.1, 0.15) is 5.50 Å². The number of rotatable bonds is 7. The van der Waals surface area contributed by atoms with Crippen molar-refractivity contribution in [2.75, 3.05) is 12.3 Å². The van der Waals surface area contributed by atoms with E-state index in [1.807, 2.05) is 0 Å². The summed E-state index contributed by atoms with van der Waals surface area (Å²) in [6, 6.07) is -0.246. The van der Waals surface area contributed by atoms with Crippen molar-refractivity contribution in [3.8, 4) is 0 Å². The molecule has 1 heterocycles. The molecule has 1 rings (SSSR count). The van der Waals surface area contributed by atoms with Crippen molar-refractivity contribution in [1.82, 2.24) is 16.0 Å². The highest BCUT2D eigenvalue weighted by Crippen LogP contribution is 2.13. The minimum absolute atomic E-state index is 0.104. The average Bonchev–Trinajstić information content (AvgIpc) is 2.33. The van der Waals surface area contributed by atoms with Gasteiger partial charge in [-0.15, -0.1) is 18.3 Å². The summed E-state index contributed by atoms with van der Waals surface area (Å²) in [5.41, 5.74) is 4.64. The summed E-state index contributed by atoms with van der Waals surface area (Å²) >= 11 is 1.19. The van der Waals surface area contributed by atoms with Gasteiger partial charge in [-0.2, -0.15) is 0 Å². The molecule has 1 aliphatic rings. The quantitative estimate of drug-likeness (QED) is 0.433. The van der Waals surface area contributed by atoms with Crippen molar-refractivity contribution >= 4 is 29.5 Å². The standard InChI is InChI=1S/C11H18N4O3S/c1-2-3-13-9(17)4-7-5-10(18)15-11(14-7)19-6-8(12)16/h2,7,11,14H,1,3-6H2,(H2,12,16)(H,13,17)(H,15,18). The van der Waals surface area contributed by atoms with E-state index in [0.717, 1.165) is 0 Å². The lowest BCUT2D eigenvalue weighted by Crippen LogP contribution is -2.56. The second-order valence-corrected chi connectivity index (χ2v) is 5.18. The van der Waals surface area contributed by atoms with E-state index < -0.39 is 11.4 Å². The van der Waals surface area contributed by atoms with Crippen molar-refractivity contribution < 1.29 is 14.4 Å². The van der Waals surface area contributed by atoms with Crippen LogP contribution in [0.15, 0.2) is 12.7 Å². The van der Waals surface area contributed by atoms with Gasteiger partial charge in [0.05, 0.1) is 5.75 Å². The predicted molar refractivity (Wildman–Crippen MR) is 72.9 cm³/mol. The van der Waals surface area contributed by atoms with Gasteiger partial charge in [-0.05, 0) is 0 Å². The fraction of sp³-hybridized carbons (Fsp3) is 0.545. The van der Waals surface area contributed by atoms with Gasteiger partial charge in [0, 0.05) is 25.4 Å². The Bertz CT molecular complexity index is 375.